The monoisotopic (exact) mass is 290 g/mol. The van der Waals surface area contributed by atoms with Crippen molar-refractivity contribution in [2.45, 2.75) is 45.3 Å². The summed E-state index contributed by atoms with van der Waals surface area (Å²) in [5.41, 5.74) is 2.80. The molecule has 1 aliphatic rings. The fraction of sp³-hybridized carbons (Fsp3) is 0.667. The van der Waals surface area contributed by atoms with Gasteiger partial charge < -0.3 is 15.0 Å². The number of hydrogen-bond acceptors (Lipinski definition) is 3. The summed E-state index contributed by atoms with van der Waals surface area (Å²) in [7, 11) is 2.18. The first-order valence-corrected chi connectivity index (χ1v) is 8.22. The maximum absolute atomic E-state index is 5.99. The van der Waals surface area contributed by atoms with Gasteiger partial charge in [0.25, 0.3) is 0 Å². The van der Waals surface area contributed by atoms with Crippen LogP contribution in [0.3, 0.4) is 0 Å². The lowest BCUT2D eigenvalue weighted by atomic mass is 9.96. The number of likely N-dealkylation sites (N-methyl/N-ethyl adjacent to an activating group) is 2. The minimum atomic E-state index is 0.286. The molecule has 1 aromatic carbocycles. The van der Waals surface area contributed by atoms with E-state index in [0.29, 0.717) is 12.0 Å². The van der Waals surface area contributed by atoms with Crippen LogP contribution in [-0.4, -0.2) is 50.3 Å². The first-order chi connectivity index (χ1) is 10.1. The summed E-state index contributed by atoms with van der Waals surface area (Å²) in [5.74, 6) is 0.596. The van der Waals surface area contributed by atoms with Gasteiger partial charge in [-0.25, -0.2) is 0 Å². The third-order valence-corrected chi connectivity index (χ3v) is 4.31. The van der Waals surface area contributed by atoms with Crippen molar-refractivity contribution in [3.63, 3.8) is 0 Å². The Morgan fingerprint density at radius 2 is 2.00 bits per heavy atom. The predicted octanol–water partition coefficient (Wildman–Crippen LogP) is 2.66. The van der Waals surface area contributed by atoms with Gasteiger partial charge in [-0.15, -0.1) is 0 Å². The minimum Gasteiger partial charge on any atom is -0.374 e. The van der Waals surface area contributed by atoms with Gasteiger partial charge in [0.15, 0.2) is 0 Å². The first-order valence-electron chi connectivity index (χ1n) is 8.22. The van der Waals surface area contributed by atoms with E-state index in [-0.39, 0.29) is 6.10 Å². The van der Waals surface area contributed by atoms with Crippen LogP contribution in [0, 0.1) is 0 Å². The normalized spacial score (nSPS) is 21.7. The number of nitrogens with one attached hydrogen (secondary N) is 1. The zero-order valence-corrected chi connectivity index (χ0v) is 13.9. The van der Waals surface area contributed by atoms with Crippen molar-refractivity contribution in [1.82, 2.24) is 10.2 Å². The van der Waals surface area contributed by atoms with Gasteiger partial charge in [0.05, 0.1) is 12.7 Å². The van der Waals surface area contributed by atoms with E-state index in [1.807, 2.05) is 0 Å². The molecule has 2 atom stereocenters. The molecular weight excluding hydrogens is 260 g/mol. The lowest BCUT2D eigenvalue weighted by Crippen LogP contribution is -2.52. The molecule has 1 N–H and O–H groups in total. The Balaban J connectivity index is 2.01. The third kappa shape index (κ3) is 4.80. The van der Waals surface area contributed by atoms with Crippen LogP contribution in [-0.2, 0) is 11.2 Å². The van der Waals surface area contributed by atoms with Crippen LogP contribution in [0.15, 0.2) is 24.3 Å². The Hall–Kier alpha value is -0.900. The van der Waals surface area contributed by atoms with Crippen LogP contribution in [0.5, 0.6) is 0 Å². The Kier molecular flexibility index (Phi) is 6.22. The minimum absolute atomic E-state index is 0.286. The molecule has 0 aromatic heterocycles. The number of nitrogens with zero attached hydrogens (tertiary/aromatic N) is 1. The second-order valence-corrected chi connectivity index (χ2v) is 6.44. The molecule has 0 radical (unpaired) electrons. The van der Waals surface area contributed by atoms with Crippen molar-refractivity contribution >= 4 is 0 Å². The Morgan fingerprint density at radius 3 is 2.57 bits per heavy atom. The molecule has 118 valence electrons. The average Bonchev–Trinajstić information content (AvgIpc) is 2.47. The number of ether oxygens (including phenoxy) is 1. The second kappa shape index (κ2) is 7.92. The van der Waals surface area contributed by atoms with E-state index in [0.717, 1.165) is 32.7 Å². The fourth-order valence-electron chi connectivity index (χ4n) is 2.94. The van der Waals surface area contributed by atoms with E-state index in [1.54, 1.807) is 0 Å². The molecule has 2 rings (SSSR count). The van der Waals surface area contributed by atoms with E-state index in [4.69, 9.17) is 4.74 Å². The van der Waals surface area contributed by atoms with E-state index < -0.39 is 0 Å². The summed E-state index contributed by atoms with van der Waals surface area (Å²) in [4.78, 5) is 2.36. The molecule has 0 bridgehead atoms. The highest BCUT2D eigenvalue weighted by atomic mass is 16.5. The molecule has 2 unspecified atom stereocenters. The largest absolute Gasteiger partial charge is 0.374 e. The van der Waals surface area contributed by atoms with Crippen molar-refractivity contribution < 1.29 is 4.74 Å². The quantitative estimate of drug-likeness (QED) is 0.872. The van der Waals surface area contributed by atoms with Gasteiger partial charge in [-0.2, -0.15) is 0 Å². The van der Waals surface area contributed by atoms with E-state index in [2.05, 4.69) is 62.3 Å². The van der Waals surface area contributed by atoms with Gasteiger partial charge in [0.1, 0.15) is 0 Å². The van der Waals surface area contributed by atoms with Gasteiger partial charge in [-0.05, 0) is 37.1 Å². The summed E-state index contributed by atoms with van der Waals surface area (Å²) in [6.07, 6.45) is 1.32. The lowest BCUT2D eigenvalue weighted by molar-refractivity contribution is -0.0381. The van der Waals surface area contributed by atoms with E-state index in [1.165, 1.54) is 11.1 Å². The SMILES string of the molecule is CCNC(Cc1ccc(C(C)C)cc1)C1CN(C)CCO1. The molecule has 0 spiro atoms. The molecule has 1 aromatic rings. The van der Waals surface area contributed by atoms with Crippen molar-refractivity contribution in [3.8, 4) is 0 Å². The fourth-order valence-corrected chi connectivity index (χ4v) is 2.94. The van der Waals surface area contributed by atoms with E-state index >= 15 is 0 Å². The maximum Gasteiger partial charge on any atom is 0.0858 e. The lowest BCUT2D eigenvalue weighted by Gasteiger charge is -2.35. The molecule has 1 fully saturated rings. The van der Waals surface area contributed by atoms with Crippen LogP contribution >= 0.6 is 0 Å². The molecular formula is C18H30N2O. The summed E-state index contributed by atoms with van der Waals surface area (Å²) in [6, 6.07) is 9.45. The van der Waals surface area contributed by atoms with Crippen LogP contribution in [0.1, 0.15) is 37.8 Å². The molecule has 3 nitrogen and oxygen atoms in total. The van der Waals surface area contributed by atoms with Gasteiger partial charge in [-0.1, -0.05) is 45.0 Å². The Bertz CT molecular complexity index is 416. The predicted molar refractivity (Wildman–Crippen MR) is 88.9 cm³/mol. The molecule has 3 heteroatoms. The highest BCUT2D eigenvalue weighted by molar-refractivity contribution is 5.25. The summed E-state index contributed by atoms with van der Waals surface area (Å²) < 4.78 is 5.99. The Labute approximate surface area is 129 Å². The molecule has 1 aliphatic heterocycles. The number of morpholine rings is 1. The van der Waals surface area contributed by atoms with Gasteiger partial charge >= 0.3 is 0 Å². The van der Waals surface area contributed by atoms with Crippen LogP contribution < -0.4 is 5.32 Å². The molecule has 1 saturated heterocycles. The highest BCUT2D eigenvalue weighted by Crippen LogP contribution is 2.17. The smallest absolute Gasteiger partial charge is 0.0858 e. The third-order valence-electron chi connectivity index (χ3n) is 4.31. The molecule has 1 heterocycles. The van der Waals surface area contributed by atoms with Crippen molar-refractivity contribution in [2.75, 3.05) is 33.3 Å². The van der Waals surface area contributed by atoms with Crippen molar-refractivity contribution in [1.29, 1.82) is 0 Å². The topological polar surface area (TPSA) is 24.5 Å². The molecule has 0 saturated carbocycles. The van der Waals surface area contributed by atoms with Crippen molar-refractivity contribution in [3.05, 3.63) is 35.4 Å². The van der Waals surface area contributed by atoms with Crippen LogP contribution in [0.4, 0.5) is 0 Å². The maximum atomic E-state index is 5.99. The standard InChI is InChI=1S/C18H30N2O/c1-5-19-17(18-13-20(4)10-11-21-18)12-15-6-8-16(9-7-15)14(2)3/h6-9,14,17-19H,5,10-13H2,1-4H3. The second-order valence-electron chi connectivity index (χ2n) is 6.44. The highest BCUT2D eigenvalue weighted by Gasteiger charge is 2.26. The van der Waals surface area contributed by atoms with Crippen LogP contribution in [0.2, 0.25) is 0 Å². The summed E-state index contributed by atoms with van der Waals surface area (Å²) in [6.45, 7) is 10.5. The van der Waals surface area contributed by atoms with E-state index in [9.17, 15) is 0 Å². The first kappa shape index (κ1) is 16.5. The summed E-state index contributed by atoms with van der Waals surface area (Å²) >= 11 is 0. The molecule has 0 amide bonds. The zero-order chi connectivity index (χ0) is 15.2. The van der Waals surface area contributed by atoms with Crippen molar-refractivity contribution in [2.24, 2.45) is 0 Å². The van der Waals surface area contributed by atoms with Gasteiger partial charge in [0.2, 0.25) is 0 Å². The average molecular weight is 290 g/mol. The molecule has 0 aliphatic carbocycles. The summed E-state index contributed by atoms with van der Waals surface area (Å²) in [5, 5.41) is 3.61. The van der Waals surface area contributed by atoms with Crippen LogP contribution in [0.25, 0.3) is 0 Å². The van der Waals surface area contributed by atoms with Gasteiger partial charge in [0, 0.05) is 19.1 Å². The number of rotatable bonds is 6. The Morgan fingerprint density at radius 1 is 1.29 bits per heavy atom. The zero-order valence-electron chi connectivity index (χ0n) is 13.9. The molecule has 21 heavy (non-hydrogen) atoms. The number of benzene rings is 1. The number of hydrogen-bond donors (Lipinski definition) is 1. The van der Waals surface area contributed by atoms with Gasteiger partial charge in [-0.3, -0.25) is 0 Å².